The van der Waals surface area contributed by atoms with Crippen molar-refractivity contribution < 1.29 is 0 Å². The summed E-state index contributed by atoms with van der Waals surface area (Å²) in [6.45, 7) is 6.80. The first kappa shape index (κ1) is 10.2. The normalized spacial score (nSPS) is 22.1. The second-order valence-corrected chi connectivity index (χ2v) is 4.94. The molecule has 1 aromatic rings. The molecule has 0 aromatic heterocycles. The van der Waals surface area contributed by atoms with Crippen molar-refractivity contribution in [1.82, 2.24) is 4.90 Å². The summed E-state index contributed by atoms with van der Waals surface area (Å²) in [6, 6.07) is 7.34. The first-order valence-electron chi connectivity index (χ1n) is 5.22. The summed E-state index contributed by atoms with van der Waals surface area (Å²) in [6.07, 6.45) is 1.19. The minimum Gasteiger partial charge on any atom is -0.296 e. The third-order valence-corrected chi connectivity index (χ3v) is 3.58. The Hall–Kier alpha value is -0.340. The molecule has 0 fully saturated rings. The molecule has 0 radical (unpaired) electrons. The number of likely N-dealkylation sites (N-methyl/N-ethyl adjacent to an activating group) is 1. The minimum atomic E-state index is 0.689. The second kappa shape index (κ2) is 4.03. The van der Waals surface area contributed by atoms with Gasteiger partial charge in [0.25, 0.3) is 0 Å². The summed E-state index contributed by atoms with van der Waals surface area (Å²) in [7, 11) is 0. The van der Waals surface area contributed by atoms with Crippen LogP contribution in [-0.2, 0) is 13.0 Å². The van der Waals surface area contributed by atoms with E-state index in [1.807, 2.05) is 0 Å². The quantitative estimate of drug-likeness (QED) is 0.743. The Morgan fingerprint density at radius 2 is 2.21 bits per heavy atom. The van der Waals surface area contributed by atoms with E-state index in [0.29, 0.717) is 6.04 Å². The van der Waals surface area contributed by atoms with E-state index in [2.05, 4.69) is 52.9 Å². The average molecular weight is 254 g/mol. The summed E-state index contributed by atoms with van der Waals surface area (Å²) in [5.74, 6) is 0. The van der Waals surface area contributed by atoms with Crippen molar-refractivity contribution in [1.29, 1.82) is 0 Å². The van der Waals surface area contributed by atoms with Crippen LogP contribution in [0.1, 0.15) is 25.0 Å². The predicted molar refractivity (Wildman–Crippen MR) is 63.4 cm³/mol. The molecule has 1 heterocycles. The molecule has 0 saturated carbocycles. The fourth-order valence-corrected chi connectivity index (χ4v) is 2.59. The van der Waals surface area contributed by atoms with Gasteiger partial charge in [0.15, 0.2) is 0 Å². The number of rotatable bonds is 1. The van der Waals surface area contributed by atoms with Crippen LogP contribution in [0.2, 0.25) is 0 Å². The van der Waals surface area contributed by atoms with Gasteiger partial charge in [-0.15, -0.1) is 0 Å². The standard InChI is InChI=1S/C12H16BrN/c1-3-14-8-11-7-12(13)5-4-10(11)6-9(14)2/h4-5,7,9H,3,6,8H2,1-2H3/t9-/m0/s1. The molecule has 0 bridgehead atoms. The lowest BCUT2D eigenvalue weighted by molar-refractivity contribution is 0.195. The zero-order valence-electron chi connectivity index (χ0n) is 8.76. The van der Waals surface area contributed by atoms with Crippen molar-refractivity contribution in [3.05, 3.63) is 33.8 Å². The zero-order valence-corrected chi connectivity index (χ0v) is 10.3. The van der Waals surface area contributed by atoms with E-state index in [1.165, 1.54) is 22.0 Å². The van der Waals surface area contributed by atoms with Crippen molar-refractivity contribution in [2.45, 2.75) is 32.9 Å². The van der Waals surface area contributed by atoms with Crippen LogP contribution in [0.3, 0.4) is 0 Å². The Balaban J connectivity index is 2.31. The topological polar surface area (TPSA) is 3.24 Å². The Kier molecular flexibility index (Phi) is 2.93. The number of fused-ring (bicyclic) bond motifs is 1. The molecule has 1 aliphatic rings. The van der Waals surface area contributed by atoms with Crippen molar-refractivity contribution in [3.63, 3.8) is 0 Å². The molecule has 0 spiro atoms. The van der Waals surface area contributed by atoms with Gasteiger partial charge in [-0.3, -0.25) is 4.90 Å². The molecule has 0 saturated heterocycles. The molecule has 14 heavy (non-hydrogen) atoms. The molecule has 0 aliphatic carbocycles. The smallest absolute Gasteiger partial charge is 0.0239 e. The molecule has 0 N–H and O–H groups in total. The highest BCUT2D eigenvalue weighted by Crippen LogP contribution is 2.25. The lowest BCUT2D eigenvalue weighted by Crippen LogP contribution is -2.37. The average Bonchev–Trinajstić information content (AvgIpc) is 2.17. The first-order chi connectivity index (χ1) is 6.70. The van der Waals surface area contributed by atoms with Crippen LogP contribution in [0.4, 0.5) is 0 Å². The van der Waals surface area contributed by atoms with Crippen LogP contribution < -0.4 is 0 Å². The van der Waals surface area contributed by atoms with E-state index in [-0.39, 0.29) is 0 Å². The van der Waals surface area contributed by atoms with Gasteiger partial charge in [0.05, 0.1) is 0 Å². The lowest BCUT2D eigenvalue weighted by atomic mass is 9.95. The van der Waals surface area contributed by atoms with Gasteiger partial charge in [0.2, 0.25) is 0 Å². The van der Waals surface area contributed by atoms with E-state index in [0.717, 1.165) is 13.1 Å². The molecule has 1 aliphatic heterocycles. The van der Waals surface area contributed by atoms with Gasteiger partial charge in [-0.1, -0.05) is 28.9 Å². The van der Waals surface area contributed by atoms with E-state index in [1.54, 1.807) is 0 Å². The van der Waals surface area contributed by atoms with E-state index in [4.69, 9.17) is 0 Å². The van der Waals surface area contributed by atoms with Crippen molar-refractivity contribution in [2.24, 2.45) is 0 Å². The molecular formula is C12H16BrN. The zero-order chi connectivity index (χ0) is 10.1. The van der Waals surface area contributed by atoms with Crippen LogP contribution in [0.15, 0.2) is 22.7 Å². The molecule has 1 atom stereocenters. The predicted octanol–water partition coefficient (Wildman–Crippen LogP) is 3.22. The maximum absolute atomic E-state index is 3.53. The van der Waals surface area contributed by atoms with Gasteiger partial charge in [-0.2, -0.15) is 0 Å². The second-order valence-electron chi connectivity index (χ2n) is 4.03. The van der Waals surface area contributed by atoms with Crippen LogP contribution in [-0.4, -0.2) is 17.5 Å². The maximum atomic E-state index is 3.53. The largest absolute Gasteiger partial charge is 0.296 e. The monoisotopic (exact) mass is 253 g/mol. The molecule has 76 valence electrons. The van der Waals surface area contributed by atoms with Gasteiger partial charge < -0.3 is 0 Å². The highest BCUT2D eigenvalue weighted by Gasteiger charge is 2.20. The third kappa shape index (κ3) is 1.86. The van der Waals surface area contributed by atoms with Crippen molar-refractivity contribution in [3.8, 4) is 0 Å². The van der Waals surface area contributed by atoms with Crippen molar-refractivity contribution >= 4 is 15.9 Å². The van der Waals surface area contributed by atoms with Gasteiger partial charge in [-0.05, 0) is 43.1 Å². The molecule has 1 aromatic carbocycles. The number of nitrogens with zero attached hydrogens (tertiary/aromatic N) is 1. The summed E-state index contributed by atoms with van der Waals surface area (Å²) < 4.78 is 1.20. The lowest BCUT2D eigenvalue weighted by Gasteiger charge is -2.34. The Morgan fingerprint density at radius 3 is 2.93 bits per heavy atom. The maximum Gasteiger partial charge on any atom is 0.0239 e. The number of hydrogen-bond donors (Lipinski definition) is 0. The fourth-order valence-electron chi connectivity index (χ4n) is 2.19. The van der Waals surface area contributed by atoms with Gasteiger partial charge in [0.1, 0.15) is 0 Å². The van der Waals surface area contributed by atoms with Gasteiger partial charge in [0, 0.05) is 17.1 Å². The molecule has 0 unspecified atom stereocenters. The third-order valence-electron chi connectivity index (χ3n) is 3.09. The molecule has 1 nitrogen and oxygen atoms in total. The number of benzene rings is 1. The Labute approximate surface area is 94.2 Å². The SMILES string of the molecule is CCN1Cc2cc(Br)ccc2C[C@@H]1C. The van der Waals surface area contributed by atoms with E-state index < -0.39 is 0 Å². The molecule has 2 rings (SSSR count). The van der Waals surface area contributed by atoms with Crippen LogP contribution in [0.5, 0.6) is 0 Å². The van der Waals surface area contributed by atoms with Crippen LogP contribution in [0, 0.1) is 0 Å². The Morgan fingerprint density at radius 1 is 1.43 bits per heavy atom. The van der Waals surface area contributed by atoms with Crippen LogP contribution >= 0.6 is 15.9 Å². The highest BCUT2D eigenvalue weighted by molar-refractivity contribution is 9.10. The molecule has 2 heteroatoms. The van der Waals surface area contributed by atoms with Gasteiger partial charge >= 0.3 is 0 Å². The first-order valence-corrected chi connectivity index (χ1v) is 6.01. The van der Waals surface area contributed by atoms with E-state index >= 15 is 0 Å². The van der Waals surface area contributed by atoms with Crippen molar-refractivity contribution in [2.75, 3.05) is 6.54 Å². The summed E-state index contributed by atoms with van der Waals surface area (Å²) in [5.41, 5.74) is 3.00. The Bertz CT molecular complexity index is 335. The number of halogens is 1. The van der Waals surface area contributed by atoms with Crippen LogP contribution in [0.25, 0.3) is 0 Å². The van der Waals surface area contributed by atoms with E-state index in [9.17, 15) is 0 Å². The van der Waals surface area contributed by atoms with Gasteiger partial charge in [-0.25, -0.2) is 0 Å². The summed E-state index contributed by atoms with van der Waals surface area (Å²) >= 11 is 3.53. The highest BCUT2D eigenvalue weighted by atomic mass is 79.9. The molecular weight excluding hydrogens is 238 g/mol. The molecule has 0 amide bonds. The fraction of sp³-hybridized carbons (Fsp3) is 0.500. The summed E-state index contributed by atoms with van der Waals surface area (Å²) in [4.78, 5) is 2.52. The summed E-state index contributed by atoms with van der Waals surface area (Å²) in [5, 5.41) is 0. The minimum absolute atomic E-state index is 0.689. The number of hydrogen-bond acceptors (Lipinski definition) is 1.